The summed E-state index contributed by atoms with van der Waals surface area (Å²) in [5.41, 5.74) is 0.698. The van der Waals surface area contributed by atoms with E-state index in [1.165, 1.54) is 0 Å². The molecule has 2 aromatic carbocycles. The highest BCUT2D eigenvalue weighted by Crippen LogP contribution is 2.25. The summed E-state index contributed by atoms with van der Waals surface area (Å²) >= 11 is 11.2. The molecular formula is C12H10Cl2N2. The third-order valence-electron chi connectivity index (χ3n) is 1.96. The minimum absolute atomic E-state index is 0.0759. The van der Waals surface area contributed by atoms with E-state index in [1.54, 1.807) is 24.3 Å². The molecule has 0 saturated carbocycles. The lowest BCUT2D eigenvalue weighted by Gasteiger charge is -2.07. The van der Waals surface area contributed by atoms with Gasteiger partial charge in [-0.1, -0.05) is 24.2 Å². The van der Waals surface area contributed by atoms with Crippen molar-refractivity contribution in [2.45, 2.75) is 0 Å². The molecule has 0 atom stereocenters. The number of hydrogen-bond acceptors (Lipinski definition) is 2. The first-order valence-electron chi connectivity index (χ1n) is 7.25. The second kappa shape index (κ2) is 4.64. The summed E-state index contributed by atoms with van der Waals surface area (Å²) in [7, 11) is 0. The fraction of sp³-hybridized carbons (Fsp3) is 0. The molecule has 0 fully saturated rings. The van der Waals surface area contributed by atoms with Gasteiger partial charge in [0.25, 0.3) is 0 Å². The number of benzene rings is 2. The summed E-state index contributed by atoms with van der Waals surface area (Å²) in [6, 6.07) is 4.74. The number of nitrogens with zero attached hydrogens (tertiary/aromatic N) is 1. The maximum Gasteiger partial charge on any atom is 0.156 e. The van der Waals surface area contributed by atoms with Crippen molar-refractivity contribution in [2.24, 2.45) is 0 Å². The Morgan fingerprint density at radius 2 is 1.62 bits per heavy atom. The smallest absolute Gasteiger partial charge is 0.156 e. The van der Waals surface area contributed by atoms with Crippen LogP contribution in [0, 0.1) is 0 Å². The van der Waals surface area contributed by atoms with E-state index in [-0.39, 0.29) is 23.4 Å². The van der Waals surface area contributed by atoms with Gasteiger partial charge >= 0.3 is 0 Å². The molecule has 0 spiro atoms. The molecule has 0 saturated heterocycles. The first-order chi connectivity index (χ1) is 10.3. The van der Waals surface area contributed by atoms with Gasteiger partial charge in [0.1, 0.15) is 0 Å². The van der Waals surface area contributed by atoms with Gasteiger partial charge in [-0.2, -0.15) is 3.94 Å². The molecule has 2 aromatic rings. The van der Waals surface area contributed by atoms with Crippen LogP contribution in [0.1, 0.15) is 5.48 Å². The van der Waals surface area contributed by atoms with Crippen LogP contribution in [0.15, 0.2) is 48.4 Å². The van der Waals surface area contributed by atoms with Crippen LogP contribution >= 0.6 is 23.6 Å². The summed E-state index contributed by atoms with van der Waals surface area (Å²) < 4.78 is 46.9. The fourth-order valence-electron chi connectivity index (χ4n) is 1.19. The summed E-state index contributed by atoms with van der Waals surface area (Å²) in [4.78, 5) is 0. The van der Waals surface area contributed by atoms with Gasteiger partial charge in [-0.3, -0.25) is 0 Å². The summed E-state index contributed by atoms with van der Waals surface area (Å²) in [5, 5.41) is 0. The van der Waals surface area contributed by atoms with Crippen molar-refractivity contribution in [3.8, 4) is 11.1 Å². The predicted molar refractivity (Wildman–Crippen MR) is 70.5 cm³/mol. The Bertz CT molecular complexity index is 677. The molecule has 0 bridgehead atoms. The number of nitrogens with two attached hydrogens (primary N) is 1. The van der Waals surface area contributed by atoms with Gasteiger partial charge in [-0.25, -0.2) is 0 Å². The van der Waals surface area contributed by atoms with E-state index in [0.29, 0.717) is 11.3 Å². The maximum atomic E-state index is 8.00. The first kappa shape index (κ1) is 5.80. The second-order valence-corrected chi connectivity index (χ2v) is 3.85. The molecule has 0 unspecified atom stereocenters. The number of halogens is 2. The van der Waals surface area contributed by atoms with Crippen molar-refractivity contribution in [2.75, 3.05) is 9.66 Å². The quantitative estimate of drug-likeness (QED) is 0.665. The molecule has 0 aliphatic rings. The standard InChI is InChI=1S/C12H10Cl2N2/c13-16(14)12-7-3-10(4-8-12)9-1-5-11(15)6-2-9/h1-8H,15H2/i1D,2D,5D,6D/hD2. The van der Waals surface area contributed by atoms with Gasteiger partial charge in [-0.15, -0.1) is 0 Å². The van der Waals surface area contributed by atoms with Crippen LogP contribution in [0.5, 0.6) is 0 Å². The minimum atomic E-state index is -0.443. The Morgan fingerprint density at radius 3 is 2.12 bits per heavy atom. The molecule has 82 valence electrons. The molecule has 0 aromatic heterocycles. The van der Waals surface area contributed by atoms with Gasteiger partial charge in [0.05, 0.1) is 11.2 Å². The molecule has 2 rings (SSSR count). The molecule has 0 aliphatic carbocycles. The van der Waals surface area contributed by atoms with E-state index in [1.807, 2.05) is 0 Å². The molecular weight excluding hydrogens is 243 g/mol. The molecule has 0 amide bonds. The Kier molecular flexibility index (Phi) is 1.68. The zero-order valence-corrected chi connectivity index (χ0v) is 9.47. The van der Waals surface area contributed by atoms with Crippen molar-refractivity contribution in [3.63, 3.8) is 0 Å². The van der Waals surface area contributed by atoms with Crippen LogP contribution in [0.25, 0.3) is 11.1 Å². The summed E-state index contributed by atoms with van der Waals surface area (Å²) in [5.74, 6) is 0. The van der Waals surface area contributed by atoms with E-state index in [9.17, 15) is 0 Å². The Hall–Kier alpha value is -1.38. The molecule has 0 radical (unpaired) electrons. The van der Waals surface area contributed by atoms with Crippen molar-refractivity contribution >= 4 is 34.9 Å². The number of rotatable bonds is 3. The number of nitrogen functional groups attached to an aromatic ring is 1. The molecule has 0 aliphatic heterocycles. The zero-order chi connectivity index (χ0) is 16.6. The molecule has 2 nitrogen and oxygen atoms in total. The topological polar surface area (TPSA) is 29.3 Å². The van der Waals surface area contributed by atoms with E-state index >= 15 is 0 Å². The lowest BCUT2D eigenvalue weighted by atomic mass is 10.1. The third kappa shape index (κ3) is 2.40. The van der Waals surface area contributed by atoms with Gasteiger partial charge in [0, 0.05) is 29.2 Å². The van der Waals surface area contributed by atoms with E-state index < -0.39 is 17.8 Å². The van der Waals surface area contributed by atoms with Crippen LogP contribution in [0.3, 0.4) is 0 Å². The maximum absolute atomic E-state index is 8.00. The van der Waals surface area contributed by atoms with Crippen LogP contribution in [-0.2, 0) is 0 Å². The van der Waals surface area contributed by atoms with Gasteiger partial charge in [-0.05, 0) is 35.3 Å². The second-order valence-electron chi connectivity index (χ2n) is 3.00. The van der Waals surface area contributed by atoms with Crippen LogP contribution in [-0.4, -0.2) is 0 Å². The molecule has 16 heavy (non-hydrogen) atoms. The number of hydrogen-bond donors (Lipinski definition) is 1. The van der Waals surface area contributed by atoms with E-state index in [2.05, 4.69) is 0 Å². The first-order valence-corrected chi connectivity index (χ1v) is 5.03. The molecule has 2 N–H and O–H groups in total. The highest BCUT2D eigenvalue weighted by Gasteiger charge is 2.01. The predicted octanol–water partition coefficient (Wildman–Crippen LogP) is 4.05. The summed E-state index contributed by atoms with van der Waals surface area (Å²) in [6.45, 7) is 0. The van der Waals surface area contributed by atoms with E-state index in [0.717, 1.165) is 3.94 Å². The SMILES string of the molecule is [2H]c1c([2H])c(N([2H])[2H])c([2H])c([2H])c1-c1ccc(N(Cl)Cl)cc1. The lowest BCUT2D eigenvalue weighted by molar-refractivity contribution is 1.56. The Balaban J connectivity index is 2.66. The lowest BCUT2D eigenvalue weighted by Crippen LogP contribution is -1.91. The van der Waals surface area contributed by atoms with E-state index in [4.69, 9.17) is 31.9 Å². The number of anilines is 2. The third-order valence-corrected chi connectivity index (χ3v) is 2.35. The zero-order valence-electron chi connectivity index (χ0n) is 14.0. The Morgan fingerprint density at radius 1 is 1.00 bits per heavy atom. The Labute approximate surface area is 113 Å². The molecule has 0 heterocycles. The highest BCUT2D eigenvalue weighted by molar-refractivity contribution is 6.49. The van der Waals surface area contributed by atoms with Crippen molar-refractivity contribution < 1.29 is 8.31 Å². The van der Waals surface area contributed by atoms with Gasteiger partial charge in [0.2, 0.25) is 0 Å². The molecule has 4 heteroatoms. The largest absolute Gasteiger partial charge is 0.399 e. The average Bonchev–Trinajstić information content (AvgIpc) is 2.46. The summed E-state index contributed by atoms with van der Waals surface area (Å²) in [6.07, 6.45) is 0. The fourth-order valence-corrected chi connectivity index (χ4v) is 1.42. The van der Waals surface area contributed by atoms with Crippen molar-refractivity contribution in [3.05, 3.63) is 48.4 Å². The van der Waals surface area contributed by atoms with Crippen LogP contribution < -0.4 is 9.66 Å². The normalized spacial score (nSPS) is 15.1. The van der Waals surface area contributed by atoms with Gasteiger partial charge < -0.3 is 5.72 Å². The van der Waals surface area contributed by atoms with Crippen LogP contribution in [0.2, 0.25) is 2.82 Å². The van der Waals surface area contributed by atoms with Crippen molar-refractivity contribution in [1.82, 2.24) is 0 Å². The average molecular weight is 259 g/mol. The van der Waals surface area contributed by atoms with Crippen molar-refractivity contribution in [1.29, 1.82) is 0 Å². The highest BCUT2D eigenvalue weighted by atomic mass is 35.5. The monoisotopic (exact) mass is 258 g/mol. The van der Waals surface area contributed by atoms with Crippen LogP contribution in [0.4, 0.5) is 11.4 Å². The minimum Gasteiger partial charge on any atom is -0.399 e. The van der Waals surface area contributed by atoms with Gasteiger partial charge in [0.15, 0.2) is 2.82 Å².